The molecule has 0 spiro atoms. The second-order valence-corrected chi connectivity index (χ2v) is 27.0. The van der Waals surface area contributed by atoms with Crippen LogP contribution in [-0.2, 0) is 37.9 Å². The number of hydrogen-bond acceptors (Lipinski definition) is 13. The maximum Gasteiger partial charge on any atom is 0.137 e. The summed E-state index contributed by atoms with van der Waals surface area (Å²) in [6.07, 6.45) is 19.2. The lowest BCUT2D eigenvalue weighted by molar-refractivity contribution is 0.541. The van der Waals surface area contributed by atoms with Gasteiger partial charge in [-0.3, -0.25) is 15.0 Å². The van der Waals surface area contributed by atoms with E-state index in [0.717, 1.165) is 61.6 Å². The van der Waals surface area contributed by atoms with Crippen LogP contribution >= 0.6 is 0 Å². The van der Waals surface area contributed by atoms with Crippen LogP contribution in [0, 0.1) is 0 Å². The van der Waals surface area contributed by atoms with Crippen molar-refractivity contribution in [2.24, 2.45) is 0 Å². The maximum atomic E-state index is 4.58. The van der Waals surface area contributed by atoms with E-state index in [4.69, 9.17) is 0 Å². The number of nitrogens with zero attached hydrogens (tertiary/aromatic N) is 13. The van der Waals surface area contributed by atoms with Crippen LogP contribution in [-0.4, -0.2) is 64.8 Å². The van der Waals surface area contributed by atoms with Crippen LogP contribution in [0.3, 0.4) is 0 Å². The van der Waals surface area contributed by atoms with Crippen molar-refractivity contribution in [3.05, 3.63) is 212 Å². The summed E-state index contributed by atoms with van der Waals surface area (Å²) in [6.45, 7) is 45.0. The lowest BCUT2D eigenvalue weighted by Gasteiger charge is -2.18. The quantitative estimate of drug-likeness (QED) is 0.141. The van der Waals surface area contributed by atoms with Gasteiger partial charge in [0.05, 0.1) is 33.5 Å². The Labute approximate surface area is 490 Å². The average Bonchev–Trinajstić information content (AvgIpc) is 3.61. The first kappa shape index (κ1) is 66.6. The number of para-hydroxylation sites is 4. The zero-order chi connectivity index (χ0) is 61.0. The monoisotopic (exact) mass is 1100 g/mol. The average molecular weight is 1100 g/mol. The lowest BCUT2D eigenvalue weighted by atomic mass is 9.88. The summed E-state index contributed by atoms with van der Waals surface area (Å²) in [5.41, 5.74) is 10.6. The molecule has 0 unspecified atom stereocenters. The summed E-state index contributed by atoms with van der Waals surface area (Å²) in [7, 11) is 0. The first-order chi connectivity index (χ1) is 38.2. The summed E-state index contributed by atoms with van der Waals surface area (Å²) in [4.78, 5) is 54.4. The van der Waals surface area contributed by atoms with E-state index in [1.807, 2.05) is 122 Å². The first-order valence-electron chi connectivity index (χ1n) is 28.0. The predicted molar refractivity (Wildman–Crippen MR) is 340 cm³/mol. The molecule has 0 bridgehead atoms. The highest BCUT2D eigenvalue weighted by Gasteiger charge is 2.20. The molecular formula is C69H91N13. The second kappa shape index (κ2) is 29.2. The third-order valence-electron chi connectivity index (χ3n) is 12.2. The van der Waals surface area contributed by atoms with Crippen molar-refractivity contribution >= 4 is 32.8 Å². The molecule has 0 saturated heterocycles. The van der Waals surface area contributed by atoms with Crippen LogP contribution < -0.4 is 0 Å². The molecule has 0 aliphatic rings. The van der Waals surface area contributed by atoms with E-state index in [-0.39, 0.29) is 37.9 Å². The summed E-state index contributed by atoms with van der Waals surface area (Å²) in [6, 6.07) is 34.3. The number of fused-ring (bicyclic) bond motifs is 3. The SMILES string of the molecule is CC(C)(C)c1ccccn1.CC(C)(C)c1ccncc1.CC(C)(C)c1cnc2ccccc2n1.CC(C)(C)c1cncnc1.CC(C)(C)c1ncc2ccccc2n1.CC(C)(C)c1ncnc2ccccc12.CC(C)(C)c1ncncn1. The molecule has 0 aliphatic carbocycles. The highest BCUT2D eigenvalue weighted by molar-refractivity contribution is 5.81. The zero-order valence-corrected chi connectivity index (χ0v) is 53.0. The van der Waals surface area contributed by atoms with Crippen molar-refractivity contribution in [3.8, 4) is 0 Å². The van der Waals surface area contributed by atoms with Crippen molar-refractivity contribution in [1.29, 1.82) is 0 Å². The molecule has 0 N–H and O–H groups in total. The van der Waals surface area contributed by atoms with E-state index in [1.165, 1.54) is 23.8 Å². The van der Waals surface area contributed by atoms with E-state index in [2.05, 4.69) is 234 Å². The van der Waals surface area contributed by atoms with E-state index in [1.54, 1.807) is 12.7 Å². The van der Waals surface area contributed by atoms with Crippen LogP contribution in [0.2, 0.25) is 0 Å². The van der Waals surface area contributed by atoms with Gasteiger partial charge in [0, 0.05) is 86.9 Å². The van der Waals surface area contributed by atoms with Gasteiger partial charge in [0.1, 0.15) is 37.0 Å². The molecule has 0 fully saturated rings. The van der Waals surface area contributed by atoms with Gasteiger partial charge in [0.15, 0.2) is 0 Å². The molecule has 0 atom stereocenters. The molecular weight excluding hydrogens is 1010 g/mol. The third kappa shape index (κ3) is 22.5. The number of aromatic nitrogens is 13. The summed E-state index contributed by atoms with van der Waals surface area (Å²) in [5.74, 6) is 1.73. The molecule has 0 amide bonds. The first-order valence-corrected chi connectivity index (χ1v) is 28.0. The standard InChI is InChI=1S/3C12H14N2.2C9H13N.C8H12N2.C7H11N3/c1-12(2,3)11-9-6-4-5-7-10(9)13-8-14-11;1-12(2,3)11-8-13-9-6-4-5-7-10(9)14-11;1-12(2,3)11-13-8-9-6-4-5-7-10(9)14-11;1-9(2,3)8-4-6-10-7-5-8;1-9(2,3)8-6-4-5-7-10-8;1-8(2,3)7-4-9-6-10-5-7;1-7(2,3)6-9-4-8-5-10-6/h3*4-8H,1-3H3;2*4-7H,1-3H3;4-6H,1-3H3;4-5H,1-3H3. The summed E-state index contributed by atoms with van der Waals surface area (Å²) in [5, 5.41) is 2.25. The maximum absolute atomic E-state index is 4.58. The van der Waals surface area contributed by atoms with E-state index >= 15 is 0 Å². The number of rotatable bonds is 0. The van der Waals surface area contributed by atoms with Gasteiger partial charge in [-0.15, -0.1) is 0 Å². The van der Waals surface area contributed by atoms with Crippen LogP contribution in [0.25, 0.3) is 32.8 Å². The smallest absolute Gasteiger partial charge is 0.137 e. The largest absolute Gasteiger partial charge is 0.265 e. The normalized spacial score (nSPS) is 11.7. The molecule has 0 saturated carbocycles. The minimum atomic E-state index is 0.0179. The van der Waals surface area contributed by atoms with Crippen molar-refractivity contribution in [2.75, 3.05) is 0 Å². The Hall–Kier alpha value is -7.93. The number of benzene rings is 3. The zero-order valence-electron chi connectivity index (χ0n) is 53.0. The molecule has 7 aromatic heterocycles. The van der Waals surface area contributed by atoms with Gasteiger partial charge >= 0.3 is 0 Å². The Kier molecular flexibility index (Phi) is 23.7. The molecule has 82 heavy (non-hydrogen) atoms. The Morgan fingerprint density at radius 3 is 1.27 bits per heavy atom. The van der Waals surface area contributed by atoms with Crippen LogP contribution in [0.15, 0.2) is 172 Å². The lowest BCUT2D eigenvalue weighted by Crippen LogP contribution is -2.15. The van der Waals surface area contributed by atoms with Gasteiger partial charge in [0.25, 0.3) is 0 Å². The predicted octanol–water partition coefficient (Wildman–Crippen LogP) is 16.5. The van der Waals surface area contributed by atoms with Crippen molar-refractivity contribution < 1.29 is 0 Å². The van der Waals surface area contributed by atoms with Crippen LogP contribution in [0.5, 0.6) is 0 Å². The molecule has 0 radical (unpaired) electrons. The molecule has 7 heterocycles. The summed E-state index contributed by atoms with van der Waals surface area (Å²) < 4.78 is 0. The number of pyridine rings is 2. The minimum absolute atomic E-state index is 0.0179. The molecule has 0 aliphatic heterocycles. The Balaban J connectivity index is 0.000000207. The fourth-order valence-corrected chi connectivity index (χ4v) is 7.23. The van der Waals surface area contributed by atoms with Gasteiger partial charge in [-0.25, -0.2) is 49.8 Å². The topological polar surface area (TPSA) is 168 Å². The number of hydrogen-bond donors (Lipinski definition) is 0. The van der Waals surface area contributed by atoms with Gasteiger partial charge in [-0.1, -0.05) is 200 Å². The van der Waals surface area contributed by atoms with Gasteiger partial charge in [-0.05, 0) is 70.5 Å². The van der Waals surface area contributed by atoms with Gasteiger partial charge in [-0.2, -0.15) is 0 Å². The van der Waals surface area contributed by atoms with Crippen molar-refractivity contribution in [2.45, 2.75) is 183 Å². The Bertz CT molecular complexity index is 3130. The fourth-order valence-electron chi connectivity index (χ4n) is 7.23. The van der Waals surface area contributed by atoms with Crippen LogP contribution in [0.1, 0.15) is 185 Å². The molecule has 432 valence electrons. The molecule has 13 nitrogen and oxygen atoms in total. The fraction of sp³-hybridized carbons (Fsp3) is 0.406. The van der Waals surface area contributed by atoms with E-state index in [0.29, 0.717) is 0 Å². The van der Waals surface area contributed by atoms with E-state index in [9.17, 15) is 0 Å². The third-order valence-corrected chi connectivity index (χ3v) is 12.2. The van der Waals surface area contributed by atoms with Gasteiger partial charge in [0.2, 0.25) is 0 Å². The summed E-state index contributed by atoms with van der Waals surface area (Å²) >= 11 is 0. The highest BCUT2D eigenvalue weighted by Crippen LogP contribution is 2.27. The van der Waals surface area contributed by atoms with Gasteiger partial charge < -0.3 is 0 Å². The minimum Gasteiger partial charge on any atom is -0.265 e. The molecule has 10 aromatic rings. The molecule has 3 aromatic carbocycles. The molecule has 10 rings (SSSR count). The Morgan fingerprint density at radius 1 is 0.268 bits per heavy atom. The second-order valence-electron chi connectivity index (χ2n) is 27.0. The van der Waals surface area contributed by atoms with Crippen molar-refractivity contribution in [3.63, 3.8) is 0 Å². The molecule has 13 heteroatoms. The van der Waals surface area contributed by atoms with Crippen molar-refractivity contribution in [1.82, 2.24) is 64.8 Å². The van der Waals surface area contributed by atoms with E-state index < -0.39 is 0 Å². The Morgan fingerprint density at radius 2 is 0.793 bits per heavy atom. The van der Waals surface area contributed by atoms with Crippen LogP contribution in [0.4, 0.5) is 0 Å². The highest BCUT2D eigenvalue weighted by atomic mass is 15.0.